The summed E-state index contributed by atoms with van der Waals surface area (Å²) >= 11 is 0. The van der Waals surface area contributed by atoms with Crippen LogP contribution in [0.2, 0.25) is 0 Å². The summed E-state index contributed by atoms with van der Waals surface area (Å²) in [6.07, 6.45) is 1.41. The lowest BCUT2D eigenvalue weighted by molar-refractivity contribution is -0.0142. The third kappa shape index (κ3) is 6.41. The molecule has 2 unspecified atom stereocenters. The van der Waals surface area contributed by atoms with Crippen molar-refractivity contribution in [2.45, 2.75) is 12.2 Å². The van der Waals surface area contributed by atoms with Crippen molar-refractivity contribution >= 4 is 11.9 Å². The second-order valence-electron chi connectivity index (χ2n) is 9.30. The van der Waals surface area contributed by atoms with Crippen LogP contribution in [0.3, 0.4) is 0 Å². The highest BCUT2D eigenvalue weighted by atomic mass is 16.7. The second-order valence-corrected chi connectivity index (χ2v) is 9.30. The van der Waals surface area contributed by atoms with Gasteiger partial charge in [-0.2, -0.15) is 0 Å². The minimum atomic E-state index is -0.779. The minimum Gasteiger partial charge on any atom is -0.496 e. The SMILES string of the molecule is COCOc1ccc(C2Oc3cc(C(=O)C=Cc4c(OC)cc(OC)c(OC)c4OC)cc(OC)c3OC2CO)cc1OC. The molecule has 3 aromatic carbocycles. The number of ketones is 1. The van der Waals surface area contributed by atoms with E-state index in [0.717, 1.165) is 0 Å². The molecule has 4 rings (SSSR count). The van der Waals surface area contributed by atoms with Crippen LogP contribution >= 0.6 is 0 Å². The van der Waals surface area contributed by atoms with E-state index in [9.17, 15) is 9.90 Å². The van der Waals surface area contributed by atoms with E-state index in [2.05, 4.69) is 0 Å². The molecule has 2 atom stereocenters. The van der Waals surface area contributed by atoms with Gasteiger partial charge in [0.05, 0.1) is 54.8 Å². The summed E-state index contributed by atoms with van der Waals surface area (Å²) < 4.78 is 56.0. The average molecular weight is 613 g/mol. The first-order chi connectivity index (χ1) is 21.4. The lowest BCUT2D eigenvalue weighted by atomic mass is 10.0. The zero-order chi connectivity index (χ0) is 31.8. The highest BCUT2D eigenvalue weighted by Gasteiger charge is 2.35. The molecule has 1 aliphatic rings. The molecule has 0 saturated carbocycles. The van der Waals surface area contributed by atoms with Gasteiger partial charge in [-0.3, -0.25) is 4.79 Å². The number of fused-ring (bicyclic) bond motifs is 1. The highest BCUT2D eigenvalue weighted by molar-refractivity contribution is 6.08. The quantitative estimate of drug-likeness (QED) is 0.156. The summed E-state index contributed by atoms with van der Waals surface area (Å²) in [5.41, 5.74) is 1.39. The number of rotatable bonds is 14. The fourth-order valence-electron chi connectivity index (χ4n) is 4.76. The first-order valence-corrected chi connectivity index (χ1v) is 13.4. The monoisotopic (exact) mass is 612 g/mol. The van der Waals surface area contributed by atoms with Gasteiger partial charge in [-0.15, -0.1) is 0 Å². The molecule has 0 fully saturated rings. The Labute approximate surface area is 255 Å². The second kappa shape index (κ2) is 14.6. The van der Waals surface area contributed by atoms with E-state index in [0.29, 0.717) is 45.6 Å². The van der Waals surface area contributed by atoms with Gasteiger partial charge in [0.1, 0.15) is 5.75 Å². The number of hydrogen-bond donors (Lipinski definition) is 1. The molecule has 12 heteroatoms. The van der Waals surface area contributed by atoms with E-state index < -0.39 is 12.2 Å². The van der Waals surface area contributed by atoms with Crippen molar-refractivity contribution in [2.75, 3.05) is 63.2 Å². The third-order valence-corrected chi connectivity index (χ3v) is 6.87. The zero-order valence-electron chi connectivity index (χ0n) is 25.6. The van der Waals surface area contributed by atoms with Crippen molar-refractivity contribution < 1.29 is 57.3 Å². The Balaban J connectivity index is 1.70. The molecule has 0 amide bonds. The molecular formula is C32H36O12. The average Bonchev–Trinajstić information content (AvgIpc) is 3.07. The van der Waals surface area contributed by atoms with Crippen LogP contribution < -0.4 is 42.6 Å². The molecule has 0 spiro atoms. The van der Waals surface area contributed by atoms with Crippen LogP contribution in [-0.2, 0) is 4.74 Å². The van der Waals surface area contributed by atoms with Crippen LogP contribution in [0.4, 0.5) is 0 Å². The topological polar surface area (TPSA) is 130 Å². The first-order valence-electron chi connectivity index (χ1n) is 13.4. The number of carbonyl (C=O) groups is 1. The molecule has 0 aliphatic carbocycles. The minimum absolute atomic E-state index is 0.0437. The molecule has 0 aromatic heterocycles. The highest BCUT2D eigenvalue weighted by Crippen LogP contribution is 2.48. The lowest BCUT2D eigenvalue weighted by Gasteiger charge is -2.34. The molecule has 3 aromatic rings. The Morgan fingerprint density at radius 1 is 0.773 bits per heavy atom. The third-order valence-electron chi connectivity index (χ3n) is 6.87. The molecule has 44 heavy (non-hydrogen) atoms. The first kappa shape index (κ1) is 32.1. The Morgan fingerprint density at radius 3 is 2.09 bits per heavy atom. The zero-order valence-corrected chi connectivity index (χ0v) is 25.6. The van der Waals surface area contributed by atoms with Gasteiger partial charge in [-0.1, -0.05) is 6.07 Å². The molecule has 1 N–H and O–H groups in total. The number of benzene rings is 3. The van der Waals surface area contributed by atoms with Gasteiger partial charge >= 0.3 is 0 Å². The smallest absolute Gasteiger partial charge is 0.204 e. The molecule has 0 saturated heterocycles. The number of carbonyl (C=O) groups excluding carboxylic acids is 1. The Hall–Kier alpha value is -4.81. The van der Waals surface area contributed by atoms with Crippen LogP contribution in [0.15, 0.2) is 42.5 Å². The maximum atomic E-state index is 13.5. The van der Waals surface area contributed by atoms with Crippen molar-refractivity contribution in [3.05, 3.63) is 59.2 Å². The van der Waals surface area contributed by atoms with Crippen LogP contribution in [0, 0.1) is 0 Å². The van der Waals surface area contributed by atoms with Gasteiger partial charge < -0.3 is 52.5 Å². The van der Waals surface area contributed by atoms with Crippen molar-refractivity contribution in [3.63, 3.8) is 0 Å². The molecule has 12 nitrogen and oxygen atoms in total. The van der Waals surface area contributed by atoms with Gasteiger partial charge in [-0.05, 0) is 36.4 Å². The van der Waals surface area contributed by atoms with Crippen LogP contribution in [-0.4, -0.2) is 80.2 Å². The van der Waals surface area contributed by atoms with Crippen LogP contribution in [0.1, 0.15) is 27.6 Å². The van der Waals surface area contributed by atoms with E-state index in [1.165, 1.54) is 61.9 Å². The van der Waals surface area contributed by atoms with E-state index >= 15 is 0 Å². The van der Waals surface area contributed by atoms with Crippen LogP contribution in [0.5, 0.6) is 51.7 Å². The molecular weight excluding hydrogens is 576 g/mol. The summed E-state index contributed by atoms with van der Waals surface area (Å²) in [6, 6.07) is 9.95. The summed E-state index contributed by atoms with van der Waals surface area (Å²) in [5, 5.41) is 10.2. The predicted molar refractivity (Wildman–Crippen MR) is 159 cm³/mol. The van der Waals surface area contributed by atoms with E-state index in [1.807, 2.05) is 0 Å². The molecule has 0 radical (unpaired) electrons. The lowest BCUT2D eigenvalue weighted by Crippen LogP contribution is -2.36. The van der Waals surface area contributed by atoms with E-state index in [1.54, 1.807) is 36.4 Å². The van der Waals surface area contributed by atoms with Crippen molar-refractivity contribution in [2.24, 2.45) is 0 Å². The summed E-state index contributed by atoms with van der Waals surface area (Å²) in [4.78, 5) is 13.5. The molecule has 1 heterocycles. The predicted octanol–water partition coefficient (Wildman–Crippen LogP) is 4.49. The summed E-state index contributed by atoms with van der Waals surface area (Å²) in [5.74, 6) is 2.84. The maximum absolute atomic E-state index is 13.5. The fraction of sp³-hybridized carbons (Fsp3) is 0.344. The largest absolute Gasteiger partial charge is 0.496 e. The van der Waals surface area contributed by atoms with Crippen molar-refractivity contribution in [1.29, 1.82) is 0 Å². The van der Waals surface area contributed by atoms with Gasteiger partial charge in [0.15, 0.2) is 59.3 Å². The van der Waals surface area contributed by atoms with Gasteiger partial charge in [0, 0.05) is 24.3 Å². The Kier molecular flexibility index (Phi) is 10.6. The number of aliphatic hydroxyl groups is 1. The van der Waals surface area contributed by atoms with Gasteiger partial charge in [-0.25, -0.2) is 0 Å². The Bertz CT molecular complexity index is 1500. The normalized spacial score (nSPS) is 15.5. The van der Waals surface area contributed by atoms with Gasteiger partial charge in [0.25, 0.3) is 0 Å². The maximum Gasteiger partial charge on any atom is 0.204 e. The number of aliphatic hydroxyl groups excluding tert-OH is 1. The molecule has 236 valence electrons. The summed E-state index contributed by atoms with van der Waals surface area (Å²) in [7, 11) is 10.4. The number of hydrogen-bond acceptors (Lipinski definition) is 12. The standard InChI is InChI=1S/C32H36O12/c1-35-17-42-22-11-8-18(12-24(22)37-3)29-28(16-33)44-31-25(38-4)13-19(14-27(31)43-29)21(34)10-9-20-23(36-2)15-26(39-5)32(41-7)30(20)40-6/h8-15,28-29,33H,16-17H2,1-7H3. The van der Waals surface area contributed by atoms with E-state index in [4.69, 9.17) is 47.4 Å². The number of ether oxygens (including phenoxy) is 10. The fourth-order valence-corrected chi connectivity index (χ4v) is 4.76. The molecule has 1 aliphatic heterocycles. The van der Waals surface area contributed by atoms with E-state index in [-0.39, 0.29) is 42.0 Å². The van der Waals surface area contributed by atoms with Gasteiger partial charge in [0.2, 0.25) is 11.5 Å². The van der Waals surface area contributed by atoms with Crippen LogP contribution in [0.25, 0.3) is 6.08 Å². The Morgan fingerprint density at radius 2 is 1.48 bits per heavy atom. The van der Waals surface area contributed by atoms with Crippen molar-refractivity contribution in [1.82, 2.24) is 0 Å². The number of allylic oxidation sites excluding steroid dienone is 1. The summed E-state index contributed by atoms with van der Waals surface area (Å²) in [6.45, 7) is -0.308. The number of methoxy groups -OCH3 is 7. The molecule has 0 bridgehead atoms. The van der Waals surface area contributed by atoms with Crippen molar-refractivity contribution in [3.8, 4) is 51.7 Å².